The molecule has 0 aliphatic carbocycles. The Labute approximate surface area is 81.2 Å². The van der Waals surface area contributed by atoms with Crippen LogP contribution in [0.1, 0.15) is 15.9 Å². The first kappa shape index (κ1) is 9.02. The maximum Gasteiger partial charge on any atom is 0.335 e. The maximum absolute atomic E-state index is 10.7. The molecular weight excluding hydrogens is 182 g/mol. The maximum atomic E-state index is 10.7. The minimum absolute atomic E-state index is 0.0223. The highest BCUT2D eigenvalue weighted by Crippen LogP contribution is 2.26. The molecule has 0 radical (unpaired) electrons. The van der Waals surface area contributed by atoms with Gasteiger partial charge in [-0.2, -0.15) is 0 Å². The molecule has 1 aliphatic rings. The number of rotatable bonds is 2. The summed E-state index contributed by atoms with van der Waals surface area (Å²) in [5, 5.41) is 20.8. The molecule has 1 unspecified atom stereocenters. The van der Waals surface area contributed by atoms with Crippen molar-refractivity contribution in [3.8, 4) is 0 Å². The molecule has 0 saturated carbocycles. The second kappa shape index (κ2) is 3.31. The number of carboxylic acids is 1. The third-order valence-electron chi connectivity index (χ3n) is 2.40. The van der Waals surface area contributed by atoms with Gasteiger partial charge >= 0.3 is 5.97 Å². The van der Waals surface area contributed by atoms with Crippen LogP contribution in [0.3, 0.4) is 0 Å². The smallest absolute Gasteiger partial charge is 0.335 e. The molecule has 0 saturated heterocycles. The van der Waals surface area contributed by atoms with Gasteiger partial charge in [0.15, 0.2) is 0 Å². The molecule has 1 heterocycles. The first-order valence-corrected chi connectivity index (χ1v) is 4.44. The van der Waals surface area contributed by atoms with E-state index in [4.69, 9.17) is 10.2 Å². The van der Waals surface area contributed by atoms with Crippen molar-refractivity contribution in [2.75, 3.05) is 11.9 Å². The van der Waals surface area contributed by atoms with Crippen LogP contribution in [0, 0.1) is 0 Å². The average Bonchev–Trinajstić information content (AvgIpc) is 2.58. The summed E-state index contributed by atoms with van der Waals surface area (Å²) in [5.74, 6) is -0.929. The fourth-order valence-electron chi connectivity index (χ4n) is 1.67. The van der Waals surface area contributed by atoms with E-state index < -0.39 is 5.97 Å². The van der Waals surface area contributed by atoms with Crippen LogP contribution in [-0.2, 0) is 6.42 Å². The third kappa shape index (κ3) is 1.44. The van der Waals surface area contributed by atoms with Gasteiger partial charge in [-0.3, -0.25) is 0 Å². The zero-order valence-corrected chi connectivity index (χ0v) is 7.53. The van der Waals surface area contributed by atoms with Gasteiger partial charge in [-0.05, 0) is 24.1 Å². The predicted octanol–water partition coefficient (Wildman–Crippen LogP) is 0.714. The topological polar surface area (TPSA) is 69.6 Å². The lowest BCUT2D eigenvalue weighted by atomic mass is 10.1. The molecule has 3 N–H and O–H groups in total. The van der Waals surface area contributed by atoms with Crippen LogP contribution < -0.4 is 5.32 Å². The Morgan fingerprint density at radius 2 is 2.36 bits per heavy atom. The molecule has 0 spiro atoms. The van der Waals surface area contributed by atoms with Crippen LogP contribution in [-0.4, -0.2) is 28.8 Å². The van der Waals surface area contributed by atoms with E-state index in [-0.39, 0.29) is 18.2 Å². The van der Waals surface area contributed by atoms with Gasteiger partial charge in [0, 0.05) is 5.69 Å². The van der Waals surface area contributed by atoms with Crippen LogP contribution in [0.4, 0.5) is 5.69 Å². The molecule has 2 rings (SSSR count). The third-order valence-corrected chi connectivity index (χ3v) is 2.40. The highest BCUT2D eigenvalue weighted by atomic mass is 16.4. The lowest BCUT2D eigenvalue weighted by molar-refractivity contribution is 0.0697. The second-order valence-electron chi connectivity index (χ2n) is 3.41. The Morgan fingerprint density at radius 1 is 1.57 bits per heavy atom. The Morgan fingerprint density at radius 3 is 3.00 bits per heavy atom. The van der Waals surface area contributed by atoms with E-state index in [1.54, 1.807) is 18.2 Å². The monoisotopic (exact) mass is 193 g/mol. The molecule has 0 amide bonds. The number of hydrogen-bond donors (Lipinski definition) is 3. The van der Waals surface area contributed by atoms with E-state index in [1.807, 2.05) is 0 Å². The molecule has 4 heteroatoms. The van der Waals surface area contributed by atoms with Crippen molar-refractivity contribution in [3.63, 3.8) is 0 Å². The van der Waals surface area contributed by atoms with Gasteiger partial charge in [0.25, 0.3) is 0 Å². The summed E-state index contributed by atoms with van der Waals surface area (Å²) in [6, 6.07) is 5.01. The number of nitrogens with one attached hydrogen (secondary N) is 1. The van der Waals surface area contributed by atoms with E-state index in [2.05, 4.69) is 5.32 Å². The van der Waals surface area contributed by atoms with Gasteiger partial charge in [0.05, 0.1) is 18.2 Å². The Bertz CT molecular complexity index is 376. The van der Waals surface area contributed by atoms with Gasteiger partial charge in [-0.25, -0.2) is 4.79 Å². The van der Waals surface area contributed by atoms with E-state index in [9.17, 15) is 4.79 Å². The first-order chi connectivity index (χ1) is 6.70. The van der Waals surface area contributed by atoms with Crippen molar-refractivity contribution in [1.82, 2.24) is 0 Å². The Balaban J connectivity index is 2.31. The van der Waals surface area contributed by atoms with Crippen LogP contribution in [0.15, 0.2) is 18.2 Å². The highest BCUT2D eigenvalue weighted by molar-refractivity contribution is 5.89. The Hall–Kier alpha value is -1.55. The standard InChI is InChI=1S/C10H11NO3/c12-5-8-3-6-1-2-7(10(13)14)4-9(6)11-8/h1-2,4,8,11-12H,3,5H2,(H,13,14). The van der Waals surface area contributed by atoms with Gasteiger partial charge in [0.2, 0.25) is 0 Å². The summed E-state index contributed by atoms with van der Waals surface area (Å²) in [6.45, 7) is 0.0666. The Kier molecular flexibility index (Phi) is 2.13. The molecule has 0 bridgehead atoms. The van der Waals surface area contributed by atoms with Crippen molar-refractivity contribution < 1.29 is 15.0 Å². The summed E-state index contributed by atoms with van der Waals surface area (Å²) in [6.07, 6.45) is 0.756. The number of carboxylic acid groups (broad SMARTS) is 1. The summed E-state index contributed by atoms with van der Waals surface area (Å²) in [4.78, 5) is 10.7. The average molecular weight is 193 g/mol. The zero-order chi connectivity index (χ0) is 10.1. The highest BCUT2D eigenvalue weighted by Gasteiger charge is 2.20. The number of aromatic carboxylic acids is 1. The lowest BCUT2D eigenvalue weighted by Gasteiger charge is -2.05. The molecule has 1 aliphatic heterocycles. The summed E-state index contributed by atoms with van der Waals surface area (Å²) >= 11 is 0. The number of carbonyl (C=O) groups is 1. The zero-order valence-electron chi connectivity index (χ0n) is 7.53. The summed E-state index contributed by atoms with van der Waals surface area (Å²) in [7, 11) is 0. The fraction of sp³-hybridized carbons (Fsp3) is 0.300. The minimum atomic E-state index is -0.929. The lowest BCUT2D eigenvalue weighted by Crippen LogP contribution is -2.19. The first-order valence-electron chi connectivity index (χ1n) is 4.44. The van der Waals surface area contributed by atoms with Crippen LogP contribution in [0.2, 0.25) is 0 Å². The normalized spacial score (nSPS) is 18.8. The van der Waals surface area contributed by atoms with E-state index in [0.717, 1.165) is 17.7 Å². The molecule has 4 nitrogen and oxygen atoms in total. The summed E-state index contributed by atoms with van der Waals surface area (Å²) < 4.78 is 0. The van der Waals surface area contributed by atoms with E-state index in [1.165, 1.54) is 0 Å². The quantitative estimate of drug-likeness (QED) is 0.647. The van der Waals surface area contributed by atoms with Crippen molar-refractivity contribution in [3.05, 3.63) is 29.3 Å². The fourth-order valence-corrected chi connectivity index (χ4v) is 1.67. The van der Waals surface area contributed by atoms with Gasteiger partial charge in [0.1, 0.15) is 0 Å². The van der Waals surface area contributed by atoms with E-state index >= 15 is 0 Å². The van der Waals surface area contributed by atoms with Crippen molar-refractivity contribution in [2.24, 2.45) is 0 Å². The molecule has 0 fully saturated rings. The molecule has 1 atom stereocenters. The number of aliphatic hydroxyl groups excluding tert-OH is 1. The van der Waals surface area contributed by atoms with Crippen molar-refractivity contribution in [1.29, 1.82) is 0 Å². The van der Waals surface area contributed by atoms with Crippen molar-refractivity contribution >= 4 is 11.7 Å². The van der Waals surface area contributed by atoms with Crippen LogP contribution in [0.25, 0.3) is 0 Å². The molecule has 14 heavy (non-hydrogen) atoms. The molecular formula is C10H11NO3. The number of fused-ring (bicyclic) bond motifs is 1. The number of benzene rings is 1. The molecule has 74 valence electrons. The van der Waals surface area contributed by atoms with Gasteiger partial charge < -0.3 is 15.5 Å². The van der Waals surface area contributed by atoms with Crippen LogP contribution >= 0.6 is 0 Å². The van der Waals surface area contributed by atoms with Gasteiger partial charge in [-0.15, -0.1) is 0 Å². The molecule has 1 aromatic rings. The number of hydrogen-bond acceptors (Lipinski definition) is 3. The number of anilines is 1. The summed E-state index contributed by atoms with van der Waals surface area (Å²) in [5.41, 5.74) is 2.16. The SMILES string of the molecule is O=C(O)c1ccc2c(c1)NC(CO)C2. The molecule has 1 aromatic carbocycles. The predicted molar refractivity (Wildman–Crippen MR) is 51.6 cm³/mol. The van der Waals surface area contributed by atoms with E-state index in [0.29, 0.717) is 0 Å². The second-order valence-corrected chi connectivity index (χ2v) is 3.41. The van der Waals surface area contributed by atoms with Crippen molar-refractivity contribution in [2.45, 2.75) is 12.5 Å². The molecule has 0 aromatic heterocycles. The van der Waals surface area contributed by atoms with Gasteiger partial charge in [-0.1, -0.05) is 6.07 Å². The number of aliphatic hydroxyl groups is 1. The largest absolute Gasteiger partial charge is 0.478 e. The minimum Gasteiger partial charge on any atom is -0.478 e. The van der Waals surface area contributed by atoms with Crippen LogP contribution in [0.5, 0.6) is 0 Å².